The third-order valence-electron chi connectivity index (χ3n) is 3.23. The zero-order valence-corrected chi connectivity index (χ0v) is 12.3. The van der Waals surface area contributed by atoms with Gasteiger partial charge in [0, 0.05) is 25.0 Å². The summed E-state index contributed by atoms with van der Waals surface area (Å²) in [6, 6.07) is 11.3. The molecular weight excluding hydrogens is 264 g/mol. The van der Waals surface area contributed by atoms with Crippen LogP contribution in [0.5, 0.6) is 0 Å². The highest BCUT2D eigenvalue weighted by Gasteiger charge is 2.04. The fourth-order valence-corrected chi connectivity index (χ4v) is 1.89. The standard InChI is InChI=1S/C16H20N4O/c1-12-6-5-7-14(13(12)2)20-16(21)19-11-10-18-15-8-3-4-9-17-15/h3-9H,10-11H2,1-2H3,(H,17,18)(H2,19,20,21). The van der Waals surface area contributed by atoms with Crippen LogP contribution in [0.2, 0.25) is 0 Å². The van der Waals surface area contributed by atoms with Gasteiger partial charge in [0.05, 0.1) is 0 Å². The Balaban J connectivity index is 1.74. The van der Waals surface area contributed by atoms with E-state index in [0.717, 1.165) is 22.6 Å². The number of anilines is 2. The van der Waals surface area contributed by atoms with Crippen molar-refractivity contribution in [3.8, 4) is 0 Å². The Bertz CT molecular complexity index is 598. The first-order valence-electron chi connectivity index (χ1n) is 6.93. The number of nitrogens with one attached hydrogen (secondary N) is 3. The number of benzene rings is 1. The predicted molar refractivity (Wildman–Crippen MR) is 85.7 cm³/mol. The van der Waals surface area contributed by atoms with E-state index in [0.29, 0.717) is 13.1 Å². The van der Waals surface area contributed by atoms with E-state index in [9.17, 15) is 4.79 Å². The highest BCUT2D eigenvalue weighted by Crippen LogP contribution is 2.17. The molecule has 5 heteroatoms. The van der Waals surface area contributed by atoms with Gasteiger partial charge >= 0.3 is 6.03 Å². The number of aryl methyl sites for hydroxylation is 1. The molecule has 0 atom stereocenters. The number of urea groups is 1. The summed E-state index contributed by atoms with van der Waals surface area (Å²) < 4.78 is 0. The molecule has 2 amide bonds. The summed E-state index contributed by atoms with van der Waals surface area (Å²) in [5.74, 6) is 0.800. The maximum atomic E-state index is 11.8. The number of nitrogens with zero attached hydrogens (tertiary/aromatic N) is 1. The average molecular weight is 284 g/mol. The number of pyridine rings is 1. The van der Waals surface area contributed by atoms with Gasteiger partial charge in [-0.25, -0.2) is 9.78 Å². The molecule has 0 aliphatic heterocycles. The Morgan fingerprint density at radius 3 is 2.71 bits per heavy atom. The van der Waals surface area contributed by atoms with Crippen molar-refractivity contribution in [3.05, 3.63) is 53.7 Å². The Morgan fingerprint density at radius 2 is 1.95 bits per heavy atom. The molecule has 5 nitrogen and oxygen atoms in total. The molecule has 0 fully saturated rings. The Hall–Kier alpha value is -2.56. The molecule has 1 heterocycles. The molecule has 0 radical (unpaired) electrons. The molecule has 0 aliphatic rings. The van der Waals surface area contributed by atoms with Crippen LogP contribution in [0.4, 0.5) is 16.3 Å². The molecular formula is C16H20N4O. The minimum atomic E-state index is -0.202. The molecule has 2 aromatic rings. The summed E-state index contributed by atoms with van der Waals surface area (Å²) >= 11 is 0. The molecule has 0 saturated carbocycles. The highest BCUT2D eigenvalue weighted by molar-refractivity contribution is 5.90. The summed E-state index contributed by atoms with van der Waals surface area (Å²) in [6.45, 7) is 5.16. The molecule has 0 bridgehead atoms. The maximum absolute atomic E-state index is 11.8. The minimum absolute atomic E-state index is 0.202. The normalized spacial score (nSPS) is 10.0. The summed E-state index contributed by atoms with van der Waals surface area (Å²) in [4.78, 5) is 16.0. The second kappa shape index (κ2) is 7.28. The summed E-state index contributed by atoms with van der Waals surface area (Å²) in [5.41, 5.74) is 3.08. The summed E-state index contributed by atoms with van der Waals surface area (Å²) in [7, 11) is 0. The molecule has 0 saturated heterocycles. The third-order valence-corrected chi connectivity index (χ3v) is 3.23. The molecule has 110 valence electrons. The molecule has 0 spiro atoms. The Morgan fingerprint density at radius 1 is 1.10 bits per heavy atom. The van der Waals surface area contributed by atoms with Crippen LogP contribution < -0.4 is 16.0 Å². The van der Waals surface area contributed by atoms with Crippen molar-refractivity contribution in [2.24, 2.45) is 0 Å². The van der Waals surface area contributed by atoms with Crippen LogP contribution in [0.25, 0.3) is 0 Å². The number of carbonyl (C=O) groups is 1. The van der Waals surface area contributed by atoms with Gasteiger partial charge < -0.3 is 16.0 Å². The van der Waals surface area contributed by atoms with Crippen LogP contribution in [-0.2, 0) is 0 Å². The number of rotatable bonds is 5. The lowest BCUT2D eigenvalue weighted by molar-refractivity contribution is 0.252. The van der Waals surface area contributed by atoms with Crippen LogP contribution in [0.3, 0.4) is 0 Å². The van der Waals surface area contributed by atoms with Gasteiger partial charge in [0.15, 0.2) is 0 Å². The van der Waals surface area contributed by atoms with Gasteiger partial charge in [0.2, 0.25) is 0 Å². The molecule has 2 rings (SSSR count). The SMILES string of the molecule is Cc1cccc(NC(=O)NCCNc2ccccn2)c1C. The van der Waals surface area contributed by atoms with Crippen molar-refractivity contribution >= 4 is 17.5 Å². The monoisotopic (exact) mass is 284 g/mol. The lowest BCUT2D eigenvalue weighted by Crippen LogP contribution is -2.33. The minimum Gasteiger partial charge on any atom is -0.368 e. The predicted octanol–water partition coefficient (Wildman–Crippen LogP) is 2.93. The molecule has 1 aromatic heterocycles. The highest BCUT2D eigenvalue weighted by atomic mass is 16.2. The van der Waals surface area contributed by atoms with Crippen LogP contribution in [0.15, 0.2) is 42.6 Å². The fourth-order valence-electron chi connectivity index (χ4n) is 1.89. The maximum Gasteiger partial charge on any atom is 0.319 e. The molecule has 0 unspecified atom stereocenters. The Kier molecular flexibility index (Phi) is 5.15. The van der Waals surface area contributed by atoms with Crippen LogP contribution >= 0.6 is 0 Å². The first-order valence-corrected chi connectivity index (χ1v) is 6.93. The van der Waals surface area contributed by atoms with E-state index in [1.807, 2.05) is 50.2 Å². The number of amides is 2. The first-order chi connectivity index (χ1) is 10.2. The van der Waals surface area contributed by atoms with Crippen LogP contribution in [-0.4, -0.2) is 24.1 Å². The van der Waals surface area contributed by atoms with E-state index in [4.69, 9.17) is 0 Å². The number of carbonyl (C=O) groups excluding carboxylic acids is 1. The van der Waals surface area contributed by atoms with Crippen molar-refractivity contribution < 1.29 is 4.79 Å². The molecule has 0 aliphatic carbocycles. The number of hydrogen-bond acceptors (Lipinski definition) is 3. The van der Waals surface area contributed by atoms with Gasteiger partial charge in [0.1, 0.15) is 5.82 Å². The van der Waals surface area contributed by atoms with Crippen molar-refractivity contribution in [3.63, 3.8) is 0 Å². The fraction of sp³-hybridized carbons (Fsp3) is 0.250. The zero-order chi connectivity index (χ0) is 15.1. The molecule has 1 aromatic carbocycles. The number of aromatic nitrogens is 1. The van der Waals surface area contributed by atoms with Crippen LogP contribution in [0.1, 0.15) is 11.1 Å². The van der Waals surface area contributed by atoms with Crippen molar-refractivity contribution in [1.29, 1.82) is 0 Å². The van der Waals surface area contributed by atoms with Crippen LogP contribution in [0, 0.1) is 13.8 Å². The van der Waals surface area contributed by atoms with Gasteiger partial charge in [-0.3, -0.25) is 0 Å². The van der Waals surface area contributed by atoms with Gasteiger partial charge in [-0.1, -0.05) is 18.2 Å². The quantitative estimate of drug-likeness (QED) is 0.740. The number of hydrogen-bond donors (Lipinski definition) is 3. The van der Waals surface area contributed by atoms with Gasteiger partial charge in [-0.15, -0.1) is 0 Å². The average Bonchev–Trinajstić information content (AvgIpc) is 2.49. The largest absolute Gasteiger partial charge is 0.368 e. The lowest BCUT2D eigenvalue weighted by Gasteiger charge is -2.11. The summed E-state index contributed by atoms with van der Waals surface area (Å²) in [5, 5.41) is 8.79. The second-order valence-electron chi connectivity index (χ2n) is 4.77. The molecule has 21 heavy (non-hydrogen) atoms. The van der Waals surface area contributed by atoms with E-state index >= 15 is 0 Å². The molecule has 3 N–H and O–H groups in total. The van der Waals surface area contributed by atoms with E-state index in [-0.39, 0.29) is 6.03 Å². The van der Waals surface area contributed by atoms with E-state index in [1.54, 1.807) is 6.20 Å². The first kappa shape index (κ1) is 14.8. The second-order valence-corrected chi connectivity index (χ2v) is 4.77. The topological polar surface area (TPSA) is 66.1 Å². The van der Waals surface area contributed by atoms with Gasteiger partial charge in [-0.2, -0.15) is 0 Å². The third kappa shape index (κ3) is 4.49. The van der Waals surface area contributed by atoms with Gasteiger partial charge in [-0.05, 0) is 43.2 Å². The van der Waals surface area contributed by atoms with E-state index < -0.39 is 0 Å². The summed E-state index contributed by atoms with van der Waals surface area (Å²) in [6.07, 6.45) is 1.73. The zero-order valence-electron chi connectivity index (χ0n) is 12.3. The van der Waals surface area contributed by atoms with Gasteiger partial charge in [0.25, 0.3) is 0 Å². The van der Waals surface area contributed by atoms with E-state index in [2.05, 4.69) is 20.9 Å². The van der Waals surface area contributed by atoms with Crippen molar-refractivity contribution in [2.45, 2.75) is 13.8 Å². The smallest absolute Gasteiger partial charge is 0.319 e. The lowest BCUT2D eigenvalue weighted by atomic mass is 10.1. The van der Waals surface area contributed by atoms with Crippen molar-refractivity contribution in [2.75, 3.05) is 23.7 Å². The van der Waals surface area contributed by atoms with E-state index in [1.165, 1.54) is 0 Å². The Labute approximate surface area is 124 Å². The van der Waals surface area contributed by atoms with Crippen molar-refractivity contribution in [1.82, 2.24) is 10.3 Å².